The third-order valence-electron chi connectivity index (χ3n) is 3.56. The average Bonchev–Trinajstić information content (AvgIpc) is 2.61. The highest BCUT2D eigenvalue weighted by atomic mass is 35.5. The lowest BCUT2D eigenvalue weighted by atomic mass is 10.1. The summed E-state index contributed by atoms with van der Waals surface area (Å²) in [6.07, 6.45) is 0. The maximum atomic E-state index is 11.9. The molecular weight excluding hydrogens is 326 g/mol. The number of nitrogens with one attached hydrogen (secondary N) is 2. The molecule has 0 spiro atoms. The van der Waals surface area contributed by atoms with Crippen molar-refractivity contribution in [2.75, 3.05) is 19.0 Å². The number of halogens is 1. The Bertz CT molecular complexity index is 742. The van der Waals surface area contributed by atoms with E-state index < -0.39 is 0 Å². The number of carbonyl (C=O) groups is 1. The number of carbonyl (C=O) groups excluding carboxylic acids is 1. The molecule has 2 N–H and O–H groups in total. The molecule has 1 amide bonds. The molecule has 0 aliphatic rings. The SMILES string of the molecule is COc1ccc(/C(C)=N\NC(=O)CNc2cccc(Cl)c2C)cc1. The van der Waals surface area contributed by atoms with Crippen molar-refractivity contribution in [2.45, 2.75) is 13.8 Å². The second kappa shape index (κ2) is 8.36. The number of hydrazone groups is 1. The zero-order valence-electron chi connectivity index (χ0n) is 13.9. The molecule has 0 heterocycles. The monoisotopic (exact) mass is 345 g/mol. The maximum absolute atomic E-state index is 11.9. The highest BCUT2D eigenvalue weighted by Gasteiger charge is 2.05. The summed E-state index contributed by atoms with van der Waals surface area (Å²) in [4.78, 5) is 11.9. The van der Waals surface area contributed by atoms with Crippen molar-refractivity contribution in [1.82, 2.24) is 5.43 Å². The Labute approximate surface area is 146 Å². The molecule has 126 valence electrons. The summed E-state index contributed by atoms with van der Waals surface area (Å²) >= 11 is 6.05. The van der Waals surface area contributed by atoms with Gasteiger partial charge in [-0.2, -0.15) is 5.10 Å². The average molecular weight is 346 g/mol. The second-order valence-corrected chi connectivity index (χ2v) is 5.63. The van der Waals surface area contributed by atoms with E-state index in [-0.39, 0.29) is 12.5 Å². The van der Waals surface area contributed by atoms with Gasteiger partial charge in [0.1, 0.15) is 5.75 Å². The second-order valence-electron chi connectivity index (χ2n) is 5.23. The minimum Gasteiger partial charge on any atom is -0.497 e. The lowest BCUT2D eigenvalue weighted by molar-refractivity contribution is -0.119. The van der Waals surface area contributed by atoms with Gasteiger partial charge in [0.25, 0.3) is 5.91 Å². The highest BCUT2D eigenvalue weighted by molar-refractivity contribution is 6.31. The van der Waals surface area contributed by atoms with Crippen molar-refractivity contribution in [2.24, 2.45) is 5.10 Å². The summed E-state index contributed by atoms with van der Waals surface area (Å²) in [6, 6.07) is 13.0. The molecule has 0 bridgehead atoms. The van der Waals surface area contributed by atoms with Crippen molar-refractivity contribution in [3.8, 4) is 5.75 Å². The largest absolute Gasteiger partial charge is 0.497 e. The standard InChI is InChI=1S/C18H20ClN3O2/c1-12-16(19)5-4-6-17(12)20-11-18(23)22-21-13(2)14-7-9-15(24-3)10-8-14/h4-10,20H,11H2,1-3H3,(H,22,23)/b21-13-. The molecule has 5 nitrogen and oxygen atoms in total. The molecule has 0 saturated heterocycles. The van der Waals surface area contributed by atoms with Crippen LogP contribution in [0.15, 0.2) is 47.6 Å². The fraction of sp³-hybridized carbons (Fsp3) is 0.222. The van der Waals surface area contributed by atoms with Crippen molar-refractivity contribution >= 4 is 28.9 Å². The zero-order valence-corrected chi connectivity index (χ0v) is 14.6. The van der Waals surface area contributed by atoms with Crippen LogP contribution < -0.4 is 15.5 Å². The molecule has 0 aromatic heterocycles. The number of ether oxygens (including phenoxy) is 1. The molecule has 0 saturated carbocycles. The lowest BCUT2D eigenvalue weighted by Crippen LogP contribution is -2.27. The van der Waals surface area contributed by atoms with E-state index in [0.29, 0.717) is 10.7 Å². The predicted molar refractivity (Wildman–Crippen MR) is 98.0 cm³/mol. The van der Waals surface area contributed by atoms with Crippen molar-refractivity contribution in [3.63, 3.8) is 0 Å². The summed E-state index contributed by atoms with van der Waals surface area (Å²) < 4.78 is 5.11. The van der Waals surface area contributed by atoms with E-state index in [1.54, 1.807) is 7.11 Å². The normalized spacial score (nSPS) is 11.1. The molecule has 0 atom stereocenters. The number of hydrogen-bond donors (Lipinski definition) is 2. The number of amides is 1. The van der Waals surface area contributed by atoms with E-state index in [2.05, 4.69) is 15.8 Å². The van der Waals surface area contributed by atoms with Crippen molar-refractivity contribution in [3.05, 3.63) is 58.6 Å². The van der Waals surface area contributed by atoms with Crippen LogP contribution in [0.2, 0.25) is 5.02 Å². The molecule has 0 radical (unpaired) electrons. The van der Waals surface area contributed by atoms with Gasteiger partial charge in [-0.15, -0.1) is 0 Å². The van der Waals surface area contributed by atoms with Crippen LogP contribution in [0.4, 0.5) is 5.69 Å². The van der Waals surface area contributed by atoms with Gasteiger partial charge < -0.3 is 10.1 Å². The Balaban J connectivity index is 1.90. The summed E-state index contributed by atoms with van der Waals surface area (Å²) in [5, 5.41) is 7.82. The minimum atomic E-state index is -0.234. The van der Waals surface area contributed by atoms with E-state index in [1.807, 2.05) is 56.3 Å². The molecule has 2 rings (SSSR count). The van der Waals surface area contributed by atoms with Gasteiger partial charge in [-0.1, -0.05) is 17.7 Å². The number of anilines is 1. The third kappa shape index (κ3) is 4.73. The molecule has 24 heavy (non-hydrogen) atoms. The topological polar surface area (TPSA) is 62.7 Å². The first-order chi connectivity index (χ1) is 11.5. The van der Waals surface area contributed by atoms with E-state index in [9.17, 15) is 4.79 Å². The first-order valence-electron chi connectivity index (χ1n) is 7.48. The van der Waals surface area contributed by atoms with E-state index in [0.717, 1.165) is 22.6 Å². The van der Waals surface area contributed by atoms with Gasteiger partial charge >= 0.3 is 0 Å². The van der Waals surface area contributed by atoms with Crippen molar-refractivity contribution in [1.29, 1.82) is 0 Å². The van der Waals surface area contributed by atoms with Crippen LogP contribution in [0.3, 0.4) is 0 Å². The van der Waals surface area contributed by atoms with E-state index in [1.165, 1.54) is 0 Å². The summed E-state index contributed by atoms with van der Waals surface area (Å²) in [7, 11) is 1.62. The van der Waals surface area contributed by atoms with Gasteiger partial charge in [0.05, 0.1) is 19.4 Å². The summed E-state index contributed by atoms with van der Waals surface area (Å²) in [6.45, 7) is 3.84. The lowest BCUT2D eigenvalue weighted by Gasteiger charge is -2.10. The van der Waals surface area contributed by atoms with Crippen LogP contribution >= 0.6 is 11.6 Å². The van der Waals surface area contributed by atoms with Gasteiger partial charge in [0, 0.05) is 10.7 Å². The Morgan fingerprint density at radius 2 is 1.92 bits per heavy atom. The molecule has 0 fully saturated rings. The first-order valence-corrected chi connectivity index (χ1v) is 7.85. The van der Waals surface area contributed by atoms with E-state index >= 15 is 0 Å². The van der Waals surface area contributed by atoms with Gasteiger partial charge in [-0.25, -0.2) is 5.43 Å². The number of benzene rings is 2. The molecule has 2 aromatic rings. The van der Waals surface area contributed by atoms with Crippen LogP contribution in [-0.2, 0) is 4.79 Å². The molecule has 2 aromatic carbocycles. The quantitative estimate of drug-likeness (QED) is 0.621. The number of nitrogens with zero attached hydrogens (tertiary/aromatic N) is 1. The molecule has 0 aliphatic heterocycles. The van der Waals surface area contributed by atoms with Crippen LogP contribution in [0.1, 0.15) is 18.1 Å². The smallest absolute Gasteiger partial charge is 0.259 e. The number of methoxy groups -OCH3 is 1. The Hall–Kier alpha value is -2.53. The van der Waals surface area contributed by atoms with Gasteiger partial charge in [0.2, 0.25) is 0 Å². The highest BCUT2D eigenvalue weighted by Crippen LogP contribution is 2.22. The number of hydrogen-bond acceptors (Lipinski definition) is 4. The number of rotatable bonds is 6. The fourth-order valence-electron chi connectivity index (χ4n) is 2.06. The fourth-order valence-corrected chi connectivity index (χ4v) is 2.23. The zero-order chi connectivity index (χ0) is 17.5. The van der Waals surface area contributed by atoms with Gasteiger partial charge in [-0.3, -0.25) is 4.79 Å². The minimum absolute atomic E-state index is 0.112. The maximum Gasteiger partial charge on any atom is 0.259 e. The van der Waals surface area contributed by atoms with Crippen molar-refractivity contribution < 1.29 is 9.53 Å². The third-order valence-corrected chi connectivity index (χ3v) is 3.97. The van der Waals surface area contributed by atoms with Gasteiger partial charge in [0.15, 0.2) is 0 Å². The van der Waals surface area contributed by atoms with E-state index in [4.69, 9.17) is 16.3 Å². The first kappa shape index (κ1) is 17.8. The molecule has 6 heteroatoms. The summed E-state index contributed by atoms with van der Waals surface area (Å²) in [5.74, 6) is 0.541. The van der Waals surface area contributed by atoms with Crippen LogP contribution in [-0.4, -0.2) is 25.3 Å². The molecule has 0 unspecified atom stereocenters. The molecule has 0 aliphatic carbocycles. The van der Waals surface area contributed by atoms with Crippen LogP contribution in [0, 0.1) is 6.92 Å². The van der Waals surface area contributed by atoms with Gasteiger partial charge in [-0.05, 0) is 61.4 Å². The summed E-state index contributed by atoms with van der Waals surface area (Å²) in [5.41, 5.74) is 5.90. The molecular formula is C18H20ClN3O2. The predicted octanol–water partition coefficient (Wildman–Crippen LogP) is 3.61. The van der Waals surface area contributed by atoms with Crippen LogP contribution in [0.5, 0.6) is 5.75 Å². The Morgan fingerprint density at radius 1 is 1.21 bits per heavy atom. The van der Waals surface area contributed by atoms with Crippen LogP contribution in [0.25, 0.3) is 0 Å². The Morgan fingerprint density at radius 3 is 2.58 bits per heavy atom. The Kier molecular flexibility index (Phi) is 6.21.